The smallest absolute Gasteiger partial charge is 0.228 e. The fraction of sp³-hybridized carbons (Fsp3) is 0.429. The predicted octanol–water partition coefficient (Wildman–Crippen LogP) is 1.88. The van der Waals surface area contributed by atoms with Crippen molar-refractivity contribution >= 4 is 17.5 Å². The van der Waals surface area contributed by atoms with Crippen LogP contribution in [0.2, 0.25) is 0 Å². The van der Waals surface area contributed by atoms with Crippen molar-refractivity contribution < 1.29 is 9.59 Å². The van der Waals surface area contributed by atoms with E-state index in [0.29, 0.717) is 12.5 Å². The van der Waals surface area contributed by atoms with E-state index in [0.717, 1.165) is 11.3 Å². The highest BCUT2D eigenvalue weighted by molar-refractivity contribution is 6.01. The molecule has 1 aliphatic heterocycles. The molecule has 4 nitrogen and oxygen atoms in total. The van der Waals surface area contributed by atoms with Gasteiger partial charge in [-0.05, 0) is 17.5 Å². The largest absolute Gasteiger partial charge is 0.355 e. The third-order valence-electron chi connectivity index (χ3n) is 3.00. The fourth-order valence-electron chi connectivity index (χ4n) is 2.07. The summed E-state index contributed by atoms with van der Waals surface area (Å²) in [7, 11) is 0. The normalized spacial score (nSPS) is 18.2. The number of benzene rings is 1. The Balaban J connectivity index is 2.18. The van der Waals surface area contributed by atoms with Crippen LogP contribution in [0.25, 0.3) is 0 Å². The molecule has 0 fully saturated rings. The Morgan fingerprint density at radius 1 is 1.44 bits per heavy atom. The number of hydrogen-bond donors (Lipinski definition) is 2. The standard InChI is InChI=1S/C14H18N2O2/c1-9(2)8-15-14(18)11-7-13(17)16-12-6-4-3-5-10(11)12/h3-6,9,11H,7-8H2,1-2H3,(H,15,18)(H,16,17). The average molecular weight is 246 g/mol. The zero-order valence-electron chi connectivity index (χ0n) is 10.7. The summed E-state index contributed by atoms with van der Waals surface area (Å²) in [6.45, 7) is 4.72. The summed E-state index contributed by atoms with van der Waals surface area (Å²) >= 11 is 0. The first-order valence-electron chi connectivity index (χ1n) is 6.24. The van der Waals surface area contributed by atoms with Gasteiger partial charge in [-0.2, -0.15) is 0 Å². The van der Waals surface area contributed by atoms with Crippen molar-refractivity contribution in [2.24, 2.45) is 5.92 Å². The summed E-state index contributed by atoms with van der Waals surface area (Å²) in [4.78, 5) is 23.7. The molecule has 1 aromatic carbocycles. The lowest BCUT2D eigenvalue weighted by Gasteiger charge is -2.25. The lowest BCUT2D eigenvalue weighted by atomic mass is 9.90. The molecule has 1 aliphatic rings. The molecule has 0 spiro atoms. The molecule has 1 unspecified atom stereocenters. The van der Waals surface area contributed by atoms with Gasteiger partial charge in [-0.25, -0.2) is 0 Å². The molecule has 1 aromatic rings. The van der Waals surface area contributed by atoms with Crippen molar-refractivity contribution in [2.45, 2.75) is 26.2 Å². The van der Waals surface area contributed by atoms with Crippen LogP contribution in [0.15, 0.2) is 24.3 Å². The molecule has 4 heteroatoms. The minimum Gasteiger partial charge on any atom is -0.355 e. The zero-order valence-corrected chi connectivity index (χ0v) is 10.7. The van der Waals surface area contributed by atoms with E-state index in [1.807, 2.05) is 38.1 Å². The summed E-state index contributed by atoms with van der Waals surface area (Å²) in [5, 5.41) is 5.68. The summed E-state index contributed by atoms with van der Waals surface area (Å²) in [5.74, 6) is -0.125. The number of hydrogen-bond acceptors (Lipinski definition) is 2. The summed E-state index contributed by atoms with van der Waals surface area (Å²) in [6.07, 6.45) is 0.223. The van der Waals surface area contributed by atoms with Crippen LogP contribution in [0, 0.1) is 5.92 Å². The van der Waals surface area contributed by atoms with Gasteiger partial charge in [0.05, 0.1) is 5.92 Å². The van der Waals surface area contributed by atoms with Crippen molar-refractivity contribution in [3.05, 3.63) is 29.8 Å². The van der Waals surface area contributed by atoms with Crippen LogP contribution in [-0.2, 0) is 9.59 Å². The van der Waals surface area contributed by atoms with Gasteiger partial charge in [0, 0.05) is 18.7 Å². The van der Waals surface area contributed by atoms with Crippen LogP contribution < -0.4 is 10.6 Å². The molecular weight excluding hydrogens is 228 g/mol. The van der Waals surface area contributed by atoms with Gasteiger partial charge >= 0.3 is 0 Å². The van der Waals surface area contributed by atoms with Gasteiger partial charge in [-0.3, -0.25) is 9.59 Å². The van der Waals surface area contributed by atoms with E-state index in [1.54, 1.807) is 0 Å². The number of carbonyl (C=O) groups excluding carboxylic acids is 2. The molecule has 96 valence electrons. The minimum absolute atomic E-state index is 0.0639. The quantitative estimate of drug-likeness (QED) is 0.855. The highest BCUT2D eigenvalue weighted by Crippen LogP contribution is 2.31. The Labute approximate surface area is 107 Å². The first kappa shape index (κ1) is 12.6. The van der Waals surface area contributed by atoms with Crippen LogP contribution in [0.5, 0.6) is 0 Å². The monoisotopic (exact) mass is 246 g/mol. The second kappa shape index (κ2) is 5.21. The van der Waals surface area contributed by atoms with Gasteiger partial charge in [-0.1, -0.05) is 32.0 Å². The van der Waals surface area contributed by atoms with E-state index in [2.05, 4.69) is 10.6 Å². The highest BCUT2D eigenvalue weighted by Gasteiger charge is 2.30. The minimum atomic E-state index is -0.367. The summed E-state index contributed by atoms with van der Waals surface area (Å²) in [5.41, 5.74) is 1.65. The molecule has 2 rings (SSSR count). The number of para-hydroxylation sites is 1. The lowest BCUT2D eigenvalue weighted by Crippen LogP contribution is -2.36. The van der Waals surface area contributed by atoms with Crippen LogP contribution >= 0.6 is 0 Å². The van der Waals surface area contributed by atoms with Crippen LogP contribution in [0.1, 0.15) is 31.7 Å². The molecule has 2 amide bonds. The van der Waals surface area contributed by atoms with E-state index < -0.39 is 0 Å². The molecule has 1 atom stereocenters. The van der Waals surface area contributed by atoms with E-state index in [4.69, 9.17) is 0 Å². The molecule has 1 heterocycles. The van der Waals surface area contributed by atoms with Crippen molar-refractivity contribution in [1.82, 2.24) is 5.32 Å². The van der Waals surface area contributed by atoms with E-state index in [1.165, 1.54) is 0 Å². The Morgan fingerprint density at radius 3 is 2.89 bits per heavy atom. The van der Waals surface area contributed by atoms with Gasteiger partial charge < -0.3 is 10.6 Å². The Morgan fingerprint density at radius 2 is 2.17 bits per heavy atom. The number of anilines is 1. The number of nitrogens with one attached hydrogen (secondary N) is 2. The molecule has 0 radical (unpaired) electrons. The average Bonchev–Trinajstić information content (AvgIpc) is 2.34. The van der Waals surface area contributed by atoms with E-state index in [9.17, 15) is 9.59 Å². The molecule has 0 saturated carbocycles. The molecule has 2 N–H and O–H groups in total. The zero-order chi connectivity index (χ0) is 13.1. The van der Waals surface area contributed by atoms with Crippen LogP contribution in [-0.4, -0.2) is 18.4 Å². The Kier molecular flexibility index (Phi) is 3.65. The Hall–Kier alpha value is -1.84. The van der Waals surface area contributed by atoms with Gasteiger partial charge in [-0.15, -0.1) is 0 Å². The second-order valence-electron chi connectivity index (χ2n) is 5.03. The molecule has 18 heavy (non-hydrogen) atoms. The SMILES string of the molecule is CC(C)CNC(=O)C1CC(=O)Nc2ccccc21. The highest BCUT2D eigenvalue weighted by atomic mass is 16.2. The van der Waals surface area contributed by atoms with E-state index >= 15 is 0 Å². The van der Waals surface area contributed by atoms with Crippen molar-refractivity contribution in [3.63, 3.8) is 0 Å². The second-order valence-corrected chi connectivity index (χ2v) is 5.03. The third kappa shape index (κ3) is 2.70. The fourth-order valence-corrected chi connectivity index (χ4v) is 2.07. The maximum atomic E-state index is 12.1. The van der Waals surface area contributed by atoms with E-state index in [-0.39, 0.29) is 24.2 Å². The molecule has 0 saturated heterocycles. The van der Waals surface area contributed by atoms with Gasteiger partial charge in [0.15, 0.2) is 0 Å². The first-order valence-corrected chi connectivity index (χ1v) is 6.24. The molecule has 0 aromatic heterocycles. The summed E-state index contributed by atoms with van der Waals surface area (Å²) in [6, 6.07) is 7.47. The van der Waals surface area contributed by atoms with Crippen LogP contribution in [0.4, 0.5) is 5.69 Å². The summed E-state index contributed by atoms with van der Waals surface area (Å²) < 4.78 is 0. The molecular formula is C14H18N2O2. The van der Waals surface area contributed by atoms with Gasteiger partial charge in [0.25, 0.3) is 0 Å². The van der Waals surface area contributed by atoms with Gasteiger partial charge in [0.1, 0.15) is 0 Å². The van der Waals surface area contributed by atoms with Gasteiger partial charge in [0.2, 0.25) is 11.8 Å². The Bertz CT molecular complexity index is 469. The van der Waals surface area contributed by atoms with Crippen molar-refractivity contribution in [3.8, 4) is 0 Å². The van der Waals surface area contributed by atoms with Crippen molar-refractivity contribution in [2.75, 3.05) is 11.9 Å². The molecule has 0 aliphatic carbocycles. The number of carbonyl (C=O) groups is 2. The number of amides is 2. The maximum Gasteiger partial charge on any atom is 0.228 e. The maximum absolute atomic E-state index is 12.1. The molecule has 0 bridgehead atoms. The number of fused-ring (bicyclic) bond motifs is 1. The first-order chi connectivity index (χ1) is 8.58. The third-order valence-corrected chi connectivity index (χ3v) is 3.00. The topological polar surface area (TPSA) is 58.2 Å². The lowest BCUT2D eigenvalue weighted by molar-refractivity contribution is -0.126. The van der Waals surface area contributed by atoms with Crippen LogP contribution in [0.3, 0.4) is 0 Å². The predicted molar refractivity (Wildman–Crippen MR) is 70.3 cm³/mol. The number of rotatable bonds is 3. The van der Waals surface area contributed by atoms with Crippen molar-refractivity contribution in [1.29, 1.82) is 0 Å².